The summed E-state index contributed by atoms with van der Waals surface area (Å²) in [4.78, 5) is 0. The van der Waals surface area contributed by atoms with Crippen LogP contribution in [0.5, 0.6) is 0 Å². The maximum absolute atomic E-state index is 2.40. The third-order valence-corrected chi connectivity index (χ3v) is 4.03. The molecule has 0 heterocycles. The van der Waals surface area contributed by atoms with E-state index in [9.17, 15) is 0 Å². The number of hydrogen-bond donors (Lipinski definition) is 0. The molecule has 2 rings (SSSR count). The monoisotopic (exact) mass is 226 g/mol. The molecule has 1 aromatic rings. The predicted molar refractivity (Wildman–Crippen MR) is 75.0 cm³/mol. The Morgan fingerprint density at radius 1 is 1.12 bits per heavy atom. The van der Waals surface area contributed by atoms with Crippen molar-refractivity contribution in [1.29, 1.82) is 0 Å². The molecule has 0 bridgehead atoms. The average Bonchev–Trinajstić information content (AvgIpc) is 2.39. The molecule has 2 unspecified atom stereocenters. The van der Waals surface area contributed by atoms with E-state index in [1.54, 1.807) is 0 Å². The van der Waals surface area contributed by atoms with Crippen molar-refractivity contribution in [3.63, 3.8) is 0 Å². The zero-order valence-corrected chi connectivity index (χ0v) is 11.1. The number of allylic oxidation sites excluding steroid dienone is 4. The molecule has 0 radical (unpaired) electrons. The van der Waals surface area contributed by atoms with Crippen LogP contribution in [-0.4, -0.2) is 0 Å². The molecular formula is C17H22. The molecule has 0 spiro atoms. The Kier molecular flexibility index (Phi) is 3.51. The summed E-state index contributed by atoms with van der Waals surface area (Å²) in [5.41, 5.74) is 1.63. The summed E-state index contributed by atoms with van der Waals surface area (Å²) in [6.07, 6.45) is 10.3. The van der Waals surface area contributed by atoms with Gasteiger partial charge in [-0.3, -0.25) is 0 Å². The van der Waals surface area contributed by atoms with Crippen molar-refractivity contribution in [2.24, 2.45) is 11.8 Å². The van der Waals surface area contributed by atoms with Gasteiger partial charge in [-0.2, -0.15) is 0 Å². The molecule has 0 N–H and O–H groups in total. The van der Waals surface area contributed by atoms with E-state index in [4.69, 9.17) is 0 Å². The Bertz CT molecular complexity index is 411. The lowest BCUT2D eigenvalue weighted by molar-refractivity contribution is 0.297. The first-order valence-corrected chi connectivity index (χ1v) is 6.62. The van der Waals surface area contributed by atoms with Gasteiger partial charge in [0.15, 0.2) is 0 Å². The van der Waals surface area contributed by atoms with E-state index in [0.29, 0.717) is 11.8 Å². The molecule has 0 aromatic heterocycles. The van der Waals surface area contributed by atoms with Crippen LogP contribution in [0.25, 0.3) is 0 Å². The second kappa shape index (κ2) is 4.91. The second-order valence-corrected chi connectivity index (χ2v) is 5.27. The fourth-order valence-corrected chi connectivity index (χ4v) is 3.11. The molecular weight excluding hydrogens is 204 g/mol. The van der Waals surface area contributed by atoms with Crippen LogP contribution in [-0.2, 0) is 5.41 Å². The van der Waals surface area contributed by atoms with Crippen LogP contribution < -0.4 is 0 Å². The van der Waals surface area contributed by atoms with E-state index in [1.165, 1.54) is 5.56 Å². The van der Waals surface area contributed by atoms with Gasteiger partial charge < -0.3 is 0 Å². The van der Waals surface area contributed by atoms with E-state index in [0.717, 1.165) is 6.42 Å². The first kappa shape index (κ1) is 12.2. The van der Waals surface area contributed by atoms with Gasteiger partial charge in [0, 0.05) is 5.41 Å². The van der Waals surface area contributed by atoms with Crippen molar-refractivity contribution < 1.29 is 0 Å². The normalized spacial score (nSPS) is 27.6. The Labute approximate surface area is 105 Å². The van der Waals surface area contributed by atoms with Gasteiger partial charge in [-0.05, 0) is 23.8 Å². The minimum absolute atomic E-state index is 0.185. The molecule has 0 amide bonds. The first-order chi connectivity index (χ1) is 8.20. The molecule has 0 heteroatoms. The van der Waals surface area contributed by atoms with Gasteiger partial charge in [0.2, 0.25) is 0 Å². The van der Waals surface area contributed by atoms with Crippen LogP contribution in [0.2, 0.25) is 0 Å². The Morgan fingerprint density at radius 2 is 1.82 bits per heavy atom. The lowest BCUT2D eigenvalue weighted by Gasteiger charge is -2.41. The molecule has 0 aliphatic heterocycles. The molecule has 17 heavy (non-hydrogen) atoms. The SMILES string of the molecule is CCC1(c2ccccc2)C=CC=CC1C(C)C. The molecule has 0 nitrogen and oxygen atoms in total. The quantitative estimate of drug-likeness (QED) is 0.698. The van der Waals surface area contributed by atoms with E-state index < -0.39 is 0 Å². The van der Waals surface area contributed by atoms with Crippen LogP contribution >= 0.6 is 0 Å². The van der Waals surface area contributed by atoms with Crippen LogP contribution in [0.1, 0.15) is 32.8 Å². The van der Waals surface area contributed by atoms with Crippen LogP contribution in [0.15, 0.2) is 54.6 Å². The number of hydrogen-bond acceptors (Lipinski definition) is 0. The van der Waals surface area contributed by atoms with Gasteiger partial charge in [0.1, 0.15) is 0 Å². The molecule has 2 atom stereocenters. The highest BCUT2D eigenvalue weighted by atomic mass is 14.4. The van der Waals surface area contributed by atoms with Gasteiger partial charge in [0.05, 0.1) is 0 Å². The van der Waals surface area contributed by atoms with E-state index >= 15 is 0 Å². The summed E-state index contributed by atoms with van der Waals surface area (Å²) in [5.74, 6) is 1.26. The highest BCUT2D eigenvalue weighted by Crippen LogP contribution is 2.43. The minimum atomic E-state index is 0.185. The maximum atomic E-state index is 2.40. The standard InChI is InChI=1S/C17H22/c1-4-17(15-10-6-5-7-11-15)13-9-8-12-16(17)14(2)3/h5-14,16H,4H2,1-3H3. The van der Waals surface area contributed by atoms with Gasteiger partial charge in [0.25, 0.3) is 0 Å². The van der Waals surface area contributed by atoms with Gasteiger partial charge in [-0.1, -0.05) is 75.4 Å². The van der Waals surface area contributed by atoms with Crippen molar-refractivity contribution in [3.05, 3.63) is 60.2 Å². The van der Waals surface area contributed by atoms with Gasteiger partial charge in [-0.25, -0.2) is 0 Å². The predicted octanol–water partition coefficient (Wildman–Crippen LogP) is 4.73. The fourth-order valence-electron chi connectivity index (χ4n) is 3.11. The topological polar surface area (TPSA) is 0 Å². The van der Waals surface area contributed by atoms with Crippen molar-refractivity contribution in [1.82, 2.24) is 0 Å². The largest absolute Gasteiger partial charge is 0.0800 e. The highest BCUT2D eigenvalue weighted by molar-refractivity contribution is 5.37. The molecule has 1 aliphatic rings. The van der Waals surface area contributed by atoms with Crippen molar-refractivity contribution in [3.8, 4) is 0 Å². The van der Waals surface area contributed by atoms with E-state index in [2.05, 4.69) is 75.4 Å². The summed E-state index contributed by atoms with van der Waals surface area (Å²) in [6.45, 7) is 6.94. The number of benzene rings is 1. The minimum Gasteiger partial charge on any atom is -0.0800 e. The summed E-state index contributed by atoms with van der Waals surface area (Å²) in [6, 6.07) is 10.9. The molecule has 0 fully saturated rings. The fraction of sp³-hybridized carbons (Fsp3) is 0.412. The Balaban J connectivity index is 2.49. The molecule has 90 valence electrons. The van der Waals surface area contributed by atoms with E-state index in [1.807, 2.05) is 0 Å². The van der Waals surface area contributed by atoms with Crippen molar-refractivity contribution in [2.75, 3.05) is 0 Å². The molecule has 1 aromatic carbocycles. The Morgan fingerprint density at radius 3 is 2.41 bits per heavy atom. The average molecular weight is 226 g/mol. The highest BCUT2D eigenvalue weighted by Gasteiger charge is 2.37. The Hall–Kier alpha value is -1.30. The zero-order valence-electron chi connectivity index (χ0n) is 11.1. The molecule has 0 saturated heterocycles. The lowest BCUT2D eigenvalue weighted by atomic mass is 9.63. The van der Waals surface area contributed by atoms with Crippen molar-refractivity contribution >= 4 is 0 Å². The summed E-state index contributed by atoms with van der Waals surface area (Å²) in [7, 11) is 0. The van der Waals surface area contributed by atoms with Crippen LogP contribution in [0.4, 0.5) is 0 Å². The van der Waals surface area contributed by atoms with Crippen molar-refractivity contribution in [2.45, 2.75) is 32.6 Å². The first-order valence-electron chi connectivity index (χ1n) is 6.62. The smallest absolute Gasteiger partial charge is 0.0197 e. The van der Waals surface area contributed by atoms with Crippen LogP contribution in [0, 0.1) is 11.8 Å². The zero-order chi connectivity index (χ0) is 12.3. The summed E-state index contributed by atoms with van der Waals surface area (Å²) in [5, 5.41) is 0. The van der Waals surface area contributed by atoms with Crippen LogP contribution in [0.3, 0.4) is 0 Å². The number of rotatable bonds is 3. The third kappa shape index (κ3) is 2.09. The lowest BCUT2D eigenvalue weighted by Crippen LogP contribution is -2.36. The van der Waals surface area contributed by atoms with Gasteiger partial charge in [-0.15, -0.1) is 0 Å². The van der Waals surface area contributed by atoms with Gasteiger partial charge >= 0.3 is 0 Å². The molecule has 1 aliphatic carbocycles. The summed E-state index contributed by atoms with van der Waals surface area (Å²) >= 11 is 0. The summed E-state index contributed by atoms with van der Waals surface area (Å²) < 4.78 is 0. The second-order valence-electron chi connectivity index (χ2n) is 5.27. The third-order valence-electron chi connectivity index (χ3n) is 4.03. The van der Waals surface area contributed by atoms with E-state index in [-0.39, 0.29) is 5.41 Å². The molecule has 0 saturated carbocycles. The maximum Gasteiger partial charge on any atom is 0.0197 e.